The number of nitrogen functional groups attached to an aromatic ring is 1. The maximum atomic E-state index is 12.5. The number of halogens is 1. The summed E-state index contributed by atoms with van der Waals surface area (Å²) in [5.41, 5.74) is 6.94. The number of hydrogen-bond donors (Lipinski definition) is 2. The van der Waals surface area contributed by atoms with Crippen LogP contribution in [0, 0.1) is 5.92 Å². The van der Waals surface area contributed by atoms with E-state index < -0.39 is 0 Å². The number of likely N-dealkylation sites (tertiary alicyclic amines) is 1. The van der Waals surface area contributed by atoms with Gasteiger partial charge in [-0.2, -0.15) is 0 Å². The number of hydrogen-bond acceptors (Lipinski definition) is 3. The van der Waals surface area contributed by atoms with Crippen LogP contribution in [0.4, 0.5) is 5.69 Å². The quantitative estimate of drug-likeness (QED) is 0.816. The van der Waals surface area contributed by atoms with Crippen LogP contribution in [0.5, 0.6) is 0 Å². The smallest absolute Gasteiger partial charge is 0.255 e. The van der Waals surface area contributed by atoms with Gasteiger partial charge in [0, 0.05) is 36.7 Å². The summed E-state index contributed by atoms with van der Waals surface area (Å²) in [5, 5.41) is 2.84. The average molecular weight is 354 g/mol. The molecule has 5 nitrogen and oxygen atoms in total. The maximum Gasteiger partial charge on any atom is 0.255 e. The Hall–Kier alpha value is -1.56. The number of nitrogens with two attached hydrogens (primary N) is 1. The topological polar surface area (TPSA) is 75.4 Å². The fraction of sp³-hybridized carbons (Fsp3) is 0.467. The fourth-order valence-electron chi connectivity index (χ4n) is 2.51. The number of carbonyl (C=O) groups is 2. The van der Waals surface area contributed by atoms with E-state index in [1.807, 2.05) is 11.0 Å². The number of rotatable bonds is 3. The Kier molecular flexibility index (Phi) is 5.22. The molecule has 0 radical (unpaired) electrons. The summed E-state index contributed by atoms with van der Waals surface area (Å²) >= 11 is 3.37. The molecule has 1 saturated heterocycles. The van der Waals surface area contributed by atoms with Crippen LogP contribution in [0.25, 0.3) is 0 Å². The molecule has 6 heteroatoms. The second-order valence-corrected chi connectivity index (χ2v) is 6.32. The molecule has 1 fully saturated rings. The monoisotopic (exact) mass is 353 g/mol. The average Bonchev–Trinajstić information content (AvgIpc) is 2.47. The van der Waals surface area contributed by atoms with Gasteiger partial charge < -0.3 is 16.0 Å². The van der Waals surface area contributed by atoms with Gasteiger partial charge in [0.15, 0.2) is 0 Å². The van der Waals surface area contributed by atoms with Gasteiger partial charge in [-0.1, -0.05) is 15.9 Å². The van der Waals surface area contributed by atoms with Gasteiger partial charge in [-0.3, -0.25) is 9.59 Å². The van der Waals surface area contributed by atoms with Crippen LogP contribution < -0.4 is 11.1 Å². The van der Waals surface area contributed by atoms with Crippen molar-refractivity contribution in [2.75, 3.05) is 25.4 Å². The minimum atomic E-state index is -0.0215. The molecule has 1 aromatic rings. The van der Waals surface area contributed by atoms with E-state index in [0.29, 0.717) is 36.8 Å². The van der Waals surface area contributed by atoms with E-state index in [1.165, 1.54) is 6.92 Å². The van der Waals surface area contributed by atoms with Gasteiger partial charge in [-0.15, -0.1) is 0 Å². The van der Waals surface area contributed by atoms with Crippen LogP contribution in [0.3, 0.4) is 0 Å². The Morgan fingerprint density at radius 2 is 2.05 bits per heavy atom. The predicted molar refractivity (Wildman–Crippen MR) is 85.9 cm³/mol. The predicted octanol–water partition coefficient (Wildman–Crippen LogP) is 2.02. The lowest BCUT2D eigenvalue weighted by atomic mass is 9.96. The molecular formula is C15H20BrN3O2. The molecule has 1 aliphatic heterocycles. The minimum absolute atomic E-state index is 0.00425. The molecule has 1 aromatic carbocycles. The molecule has 2 rings (SSSR count). The number of carbonyl (C=O) groups excluding carboxylic acids is 2. The molecule has 0 aromatic heterocycles. The van der Waals surface area contributed by atoms with E-state index in [4.69, 9.17) is 5.73 Å². The third kappa shape index (κ3) is 4.20. The summed E-state index contributed by atoms with van der Waals surface area (Å²) in [6.07, 6.45) is 1.81. The highest BCUT2D eigenvalue weighted by atomic mass is 79.9. The van der Waals surface area contributed by atoms with Gasteiger partial charge in [0.1, 0.15) is 0 Å². The standard InChI is InChI=1S/C15H20BrN3O2/c1-10(20)18-9-11-4-6-19(7-5-11)15(21)13-8-12(16)2-3-14(13)17/h2-3,8,11H,4-7,9,17H2,1H3,(H,18,20). The lowest BCUT2D eigenvalue weighted by Crippen LogP contribution is -2.41. The second kappa shape index (κ2) is 6.93. The van der Waals surface area contributed by atoms with Crippen molar-refractivity contribution in [1.29, 1.82) is 0 Å². The molecule has 0 aliphatic carbocycles. The van der Waals surface area contributed by atoms with Crippen molar-refractivity contribution in [3.05, 3.63) is 28.2 Å². The zero-order valence-electron chi connectivity index (χ0n) is 12.1. The summed E-state index contributed by atoms with van der Waals surface area (Å²) in [6.45, 7) is 3.62. The van der Waals surface area contributed by atoms with E-state index in [0.717, 1.165) is 17.3 Å². The molecule has 0 bridgehead atoms. The molecule has 1 aliphatic rings. The Morgan fingerprint density at radius 3 is 2.67 bits per heavy atom. The first-order valence-corrected chi connectivity index (χ1v) is 7.85. The number of nitrogens with zero attached hydrogens (tertiary/aromatic N) is 1. The van der Waals surface area contributed by atoms with E-state index in [-0.39, 0.29) is 11.8 Å². The van der Waals surface area contributed by atoms with Crippen LogP contribution in [0.1, 0.15) is 30.1 Å². The summed E-state index contributed by atoms with van der Waals surface area (Å²) in [6, 6.07) is 5.33. The van der Waals surface area contributed by atoms with Crippen molar-refractivity contribution in [3.8, 4) is 0 Å². The first kappa shape index (κ1) is 15.8. The van der Waals surface area contributed by atoms with E-state index in [2.05, 4.69) is 21.2 Å². The van der Waals surface area contributed by atoms with Crippen molar-refractivity contribution in [3.63, 3.8) is 0 Å². The zero-order chi connectivity index (χ0) is 15.4. The molecule has 2 amide bonds. The van der Waals surface area contributed by atoms with Crippen LogP contribution in [-0.4, -0.2) is 36.3 Å². The zero-order valence-corrected chi connectivity index (χ0v) is 13.6. The highest BCUT2D eigenvalue weighted by Crippen LogP contribution is 2.23. The largest absolute Gasteiger partial charge is 0.398 e. The fourth-order valence-corrected chi connectivity index (χ4v) is 2.87. The Labute approximate surface area is 133 Å². The Balaban J connectivity index is 1.94. The van der Waals surface area contributed by atoms with E-state index >= 15 is 0 Å². The summed E-state index contributed by atoms with van der Waals surface area (Å²) < 4.78 is 0.848. The first-order valence-electron chi connectivity index (χ1n) is 7.06. The van der Waals surface area contributed by atoms with E-state index in [9.17, 15) is 9.59 Å². The number of benzene rings is 1. The molecule has 0 atom stereocenters. The highest BCUT2D eigenvalue weighted by Gasteiger charge is 2.24. The number of amides is 2. The van der Waals surface area contributed by atoms with Crippen LogP contribution in [0.2, 0.25) is 0 Å². The van der Waals surface area contributed by atoms with Crippen molar-refractivity contribution in [2.45, 2.75) is 19.8 Å². The van der Waals surface area contributed by atoms with Crippen molar-refractivity contribution < 1.29 is 9.59 Å². The summed E-state index contributed by atoms with van der Waals surface area (Å²) in [5.74, 6) is 0.417. The molecule has 21 heavy (non-hydrogen) atoms. The third-order valence-corrected chi connectivity index (χ3v) is 4.28. The van der Waals surface area contributed by atoms with Crippen LogP contribution >= 0.6 is 15.9 Å². The number of anilines is 1. The molecule has 1 heterocycles. The van der Waals surface area contributed by atoms with Gasteiger partial charge in [-0.25, -0.2) is 0 Å². The molecule has 114 valence electrons. The van der Waals surface area contributed by atoms with Gasteiger partial charge in [0.25, 0.3) is 5.91 Å². The van der Waals surface area contributed by atoms with Crippen LogP contribution in [-0.2, 0) is 4.79 Å². The van der Waals surface area contributed by atoms with E-state index in [1.54, 1.807) is 12.1 Å². The number of piperidine rings is 1. The Morgan fingerprint density at radius 1 is 1.38 bits per heavy atom. The van der Waals surface area contributed by atoms with Gasteiger partial charge in [0.05, 0.1) is 5.56 Å². The number of nitrogens with one attached hydrogen (secondary N) is 1. The summed E-state index contributed by atoms with van der Waals surface area (Å²) in [7, 11) is 0. The molecular weight excluding hydrogens is 334 g/mol. The van der Waals surface area contributed by atoms with Gasteiger partial charge in [-0.05, 0) is 37.0 Å². The first-order chi connectivity index (χ1) is 9.97. The molecule has 0 unspecified atom stereocenters. The van der Waals surface area contributed by atoms with Crippen molar-refractivity contribution in [1.82, 2.24) is 10.2 Å². The van der Waals surface area contributed by atoms with Crippen LogP contribution in [0.15, 0.2) is 22.7 Å². The third-order valence-electron chi connectivity index (χ3n) is 3.79. The molecule has 0 saturated carbocycles. The molecule has 3 N–H and O–H groups in total. The van der Waals surface area contributed by atoms with Crippen molar-refractivity contribution in [2.24, 2.45) is 5.92 Å². The summed E-state index contributed by atoms with van der Waals surface area (Å²) in [4.78, 5) is 25.3. The molecule has 0 spiro atoms. The SMILES string of the molecule is CC(=O)NCC1CCN(C(=O)c2cc(Br)ccc2N)CC1. The maximum absolute atomic E-state index is 12.5. The van der Waals surface area contributed by atoms with Gasteiger partial charge >= 0.3 is 0 Å². The van der Waals surface area contributed by atoms with Crippen molar-refractivity contribution >= 4 is 33.4 Å². The lowest BCUT2D eigenvalue weighted by Gasteiger charge is -2.32. The minimum Gasteiger partial charge on any atom is -0.398 e. The highest BCUT2D eigenvalue weighted by molar-refractivity contribution is 9.10. The Bertz CT molecular complexity index is 540. The normalized spacial score (nSPS) is 15.8. The second-order valence-electron chi connectivity index (χ2n) is 5.40. The lowest BCUT2D eigenvalue weighted by molar-refractivity contribution is -0.119. The van der Waals surface area contributed by atoms with Gasteiger partial charge in [0.2, 0.25) is 5.91 Å².